The Morgan fingerprint density at radius 2 is 1.90 bits per heavy atom. The van der Waals surface area contributed by atoms with Crippen molar-refractivity contribution in [3.63, 3.8) is 0 Å². The lowest BCUT2D eigenvalue weighted by Crippen LogP contribution is -2.40. The summed E-state index contributed by atoms with van der Waals surface area (Å²) in [5.74, 6) is 0.362. The van der Waals surface area contributed by atoms with E-state index in [0.29, 0.717) is 43.4 Å². The number of rotatable bonds is 8. The van der Waals surface area contributed by atoms with Gasteiger partial charge in [-0.2, -0.15) is 0 Å². The van der Waals surface area contributed by atoms with Gasteiger partial charge in [-0.25, -0.2) is 9.79 Å². The highest BCUT2D eigenvalue weighted by Gasteiger charge is 2.34. The van der Waals surface area contributed by atoms with Crippen molar-refractivity contribution in [1.82, 2.24) is 4.57 Å². The summed E-state index contributed by atoms with van der Waals surface area (Å²) in [6.07, 6.45) is 1.61. The molecule has 0 saturated heterocycles. The van der Waals surface area contributed by atoms with E-state index in [-0.39, 0.29) is 23.8 Å². The fraction of sp³-hybridized carbons (Fsp3) is 0.310. The number of fused-ring (bicyclic) bond motifs is 1. The SMILES string of the molecule is CCOC(=O)C1=C(C)N=c2s/c(=C/c3cc(I)cc(I)c3OC(C)=O)c(=O)n2[C@@H]1c1ccc(OC(C)C)c(OC)c1. The Morgan fingerprint density at radius 1 is 1.17 bits per heavy atom. The molecular formula is C29H28I2N2O7S. The summed E-state index contributed by atoms with van der Waals surface area (Å²) in [7, 11) is 1.54. The second kappa shape index (κ2) is 13.1. The van der Waals surface area contributed by atoms with E-state index in [1.54, 1.807) is 38.1 Å². The summed E-state index contributed by atoms with van der Waals surface area (Å²) in [4.78, 5) is 44.2. The molecule has 0 spiro atoms. The average molecular weight is 802 g/mol. The summed E-state index contributed by atoms with van der Waals surface area (Å²) in [6, 6.07) is 8.23. The number of benzene rings is 2. The first-order valence-corrected chi connectivity index (χ1v) is 15.6. The standard InChI is InChI=1S/C29H28I2N2O7S/c1-7-38-28(36)24-15(4)32-29-33(25(24)17-8-9-21(39-14(2)3)22(11-17)37-6)27(35)23(41-29)12-18-10-19(30)13-20(31)26(18)40-16(5)34/h8-14,25H,7H2,1-6H3/b23-12+/t25-/m1/s1. The Morgan fingerprint density at radius 3 is 2.54 bits per heavy atom. The fourth-order valence-corrected chi connectivity index (χ4v) is 7.43. The van der Waals surface area contributed by atoms with Crippen molar-refractivity contribution in [2.45, 2.75) is 46.8 Å². The Hall–Kier alpha value is -2.72. The number of allylic oxidation sites excluding steroid dienone is 1. The van der Waals surface area contributed by atoms with Crippen LogP contribution in [0.1, 0.15) is 51.8 Å². The molecule has 9 nitrogen and oxygen atoms in total. The number of aromatic nitrogens is 1. The Kier molecular flexibility index (Phi) is 9.95. The Labute approximate surface area is 268 Å². The Bertz CT molecular complexity index is 1740. The number of thiazole rings is 1. The molecule has 0 N–H and O–H groups in total. The van der Waals surface area contributed by atoms with Crippen LogP contribution in [0.3, 0.4) is 0 Å². The number of carbonyl (C=O) groups is 2. The molecule has 0 bridgehead atoms. The molecule has 0 amide bonds. The van der Waals surface area contributed by atoms with Gasteiger partial charge < -0.3 is 18.9 Å². The quantitative estimate of drug-likeness (QED) is 0.185. The molecule has 3 aromatic rings. The zero-order valence-electron chi connectivity index (χ0n) is 23.2. The third-order valence-electron chi connectivity index (χ3n) is 5.95. The van der Waals surface area contributed by atoms with Gasteiger partial charge in [0.1, 0.15) is 0 Å². The van der Waals surface area contributed by atoms with E-state index in [1.165, 1.54) is 29.9 Å². The predicted molar refractivity (Wildman–Crippen MR) is 172 cm³/mol. The summed E-state index contributed by atoms with van der Waals surface area (Å²) in [6.45, 7) is 8.78. The summed E-state index contributed by atoms with van der Waals surface area (Å²) >= 11 is 5.46. The molecule has 2 aromatic carbocycles. The number of methoxy groups -OCH3 is 1. The molecular weight excluding hydrogens is 774 g/mol. The van der Waals surface area contributed by atoms with Crippen LogP contribution < -0.4 is 29.1 Å². The molecule has 0 aliphatic carbocycles. The van der Waals surface area contributed by atoms with Gasteiger partial charge >= 0.3 is 11.9 Å². The van der Waals surface area contributed by atoms with Gasteiger partial charge in [-0.3, -0.25) is 14.2 Å². The molecule has 1 aliphatic rings. The van der Waals surface area contributed by atoms with Gasteiger partial charge in [0.25, 0.3) is 5.56 Å². The van der Waals surface area contributed by atoms with Crippen LogP contribution in [0.2, 0.25) is 0 Å². The predicted octanol–water partition coefficient (Wildman–Crippen LogP) is 4.73. The molecule has 216 valence electrons. The average Bonchev–Trinajstić information content (AvgIpc) is 3.19. The Balaban J connectivity index is 1.98. The van der Waals surface area contributed by atoms with Gasteiger partial charge in [-0.05, 0) is 109 Å². The summed E-state index contributed by atoms with van der Waals surface area (Å²) in [5.41, 5.74) is 1.57. The smallest absolute Gasteiger partial charge is 0.338 e. The highest BCUT2D eigenvalue weighted by molar-refractivity contribution is 14.1. The number of hydrogen-bond acceptors (Lipinski definition) is 9. The molecule has 0 unspecified atom stereocenters. The minimum Gasteiger partial charge on any atom is -0.493 e. The molecule has 0 radical (unpaired) electrons. The monoisotopic (exact) mass is 802 g/mol. The van der Waals surface area contributed by atoms with Crippen LogP contribution in [-0.2, 0) is 14.3 Å². The van der Waals surface area contributed by atoms with E-state index >= 15 is 0 Å². The number of nitrogens with zero attached hydrogens (tertiary/aromatic N) is 2. The van der Waals surface area contributed by atoms with E-state index in [1.807, 2.05) is 26.0 Å². The minimum atomic E-state index is -0.821. The molecule has 0 fully saturated rings. The number of esters is 2. The lowest BCUT2D eigenvalue weighted by molar-refractivity contribution is -0.139. The molecule has 4 rings (SSSR count). The lowest BCUT2D eigenvalue weighted by atomic mass is 9.95. The maximum absolute atomic E-state index is 14.0. The van der Waals surface area contributed by atoms with Gasteiger partial charge in [-0.1, -0.05) is 17.4 Å². The first-order chi connectivity index (χ1) is 19.4. The van der Waals surface area contributed by atoms with E-state index in [4.69, 9.17) is 18.9 Å². The maximum atomic E-state index is 14.0. The topological polar surface area (TPSA) is 105 Å². The van der Waals surface area contributed by atoms with Crippen molar-refractivity contribution in [3.8, 4) is 17.2 Å². The van der Waals surface area contributed by atoms with Gasteiger partial charge in [0.15, 0.2) is 22.0 Å². The minimum absolute atomic E-state index is 0.0781. The van der Waals surface area contributed by atoms with Crippen LogP contribution in [0.4, 0.5) is 0 Å². The van der Waals surface area contributed by atoms with E-state index < -0.39 is 18.0 Å². The van der Waals surface area contributed by atoms with Gasteiger partial charge in [0, 0.05) is 16.1 Å². The van der Waals surface area contributed by atoms with Crippen molar-refractivity contribution < 1.29 is 28.5 Å². The highest BCUT2D eigenvalue weighted by atomic mass is 127. The third-order valence-corrected chi connectivity index (χ3v) is 8.36. The molecule has 12 heteroatoms. The summed E-state index contributed by atoms with van der Waals surface area (Å²) < 4.78 is 25.9. The van der Waals surface area contributed by atoms with Crippen molar-refractivity contribution in [3.05, 3.63) is 79.6 Å². The number of halogens is 2. The van der Waals surface area contributed by atoms with E-state index in [0.717, 1.165) is 7.14 Å². The molecule has 0 saturated carbocycles. The largest absolute Gasteiger partial charge is 0.493 e. The second-order valence-corrected chi connectivity index (χ2v) is 12.7. The van der Waals surface area contributed by atoms with Crippen LogP contribution in [0.5, 0.6) is 17.2 Å². The summed E-state index contributed by atoms with van der Waals surface area (Å²) in [5, 5.41) is 0. The van der Waals surface area contributed by atoms with Gasteiger partial charge in [-0.15, -0.1) is 0 Å². The number of ether oxygens (including phenoxy) is 4. The molecule has 1 atom stereocenters. The molecule has 41 heavy (non-hydrogen) atoms. The van der Waals surface area contributed by atoms with Crippen LogP contribution in [0.15, 0.2) is 51.4 Å². The maximum Gasteiger partial charge on any atom is 0.338 e. The van der Waals surface area contributed by atoms with Crippen LogP contribution in [0, 0.1) is 7.14 Å². The van der Waals surface area contributed by atoms with Crippen LogP contribution in [0.25, 0.3) is 6.08 Å². The van der Waals surface area contributed by atoms with E-state index in [2.05, 4.69) is 50.2 Å². The zero-order chi connectivity index (χ0) is 30.0. The lowest BCUT2D eigenvalue weighted by Gasteiger charge is -2.25. The van der Waals surface area contributed by atoms with Crippen LogP contribution >= 0.6 is 56.5 Å². The normalized spacial score (nSPS) is 15.0. The number of carbonyl (C=O) groups excluding carboxylic acids is 2. The first kappa shape index (κ1) is 31.2. The number of hydrogen-bond donors (Lipinski definition) is 0. The molecule has 2 heterocycles. The van der Waals surface area contributed by atoms with Gasteiger partial charge in [0.05, 0.1) is 45.2 Å². The van der Waals surface area contributed by atoms with Crippen molar-refractivity contribution >= 4 is 74.5 Å². The van der Waals surface area contributed by atoms with Crippen molar-refractivity contribution in [2.24, 2.45) is 4.99 Å². The van der Waals surface area contributed by atoms with Crippen LogP contribution in [-0.4, -0.2) is 36.3 Å². The van der Waals surface area contributed by atoms with Gasteiger partial charge in [0.2, 0.25) is 0 Å². The molecule has 1 aliphatic heterocycles. The van der Waals surface area contributed by atoms with Crippen molar-refractivity contribution in [2.75, 3.05) is 13.7 Å². The van der Waals surface area contributed by atoms with E-state index in [9.17, 15) is 14.4 Å². The zero-order valence-corrected chi connectivity index (χ0v) is 28.4. The second-order valence-electron chi connectivity index (χ2n) is 9.28. The third kappa shape index (κ3) is 6.69. The first-order valence-electron chi connectivity index (χ1n) is 12.7. The highest BCUT2D eigenvalue weighted by Crippen LogP contribution is 2.36. The molecule has 1 aromatic heterocycles. The van der Waals surface area contributed by atoms with Crippen molar-refractivity contribution in [1.29, 1.82) is 0 Å². The fourth-order valence-electron chi connectivity index (χ4n) is 4.39.